The van der Waals surface area contributed by atoms with Gasteiger partial charge in [0.05, 0.1) is 24.3 Å². The summed E-state index contributed by atoms with van der Waals surface area (Å²) in [4.78, 5) is 23.6. The topological polar surface area (TPSA) is 81.4 Å². The second-order valence-corrected chi connectivity index (χ2v) is 4.45. The Labute approximate surface area is 117 Å². The zero-order valence-electron chi connectivity index (χ0n) is 10.9. The highest BCUT2D eigenvalue weighted by atomic mass is 35.5. The smallest absolute Gasteiger partial charge is 0.340 e. The van der Waals surface area contributed by atoms with Gasteiger partial charge in [0.25, 0.3) is 0 Å². The van der Waals surface area contributed by atoms with Gasteiger partial charge in [0.1, 0.15) is 0 Å². The molecule has 1 atom stereocenters. The molecule has 5 nitrogen and oxygen atoms in total. The van der Waals surface area contributed by atoms with Gasteiger partial charge in [-0.1, -0.05) is 18.5 Å². The lowest BCUT2D eigenvalue weighted by atomic mass is 10.1. The van der Waals surface area contributed by atoms with Gasteiger partial charge in [0.15, 0.2) is 0 Å². The number of halogens is 1. The minimum atomic E-state index is -0.557. The standard InChI is InChI=1S/C13H17ClN2O3/c1-3-8(7-15)12(17)16-11-5-4-9(14)6-10(11)13(18)19-2/h4-6,8H,3,7,15H2,1-2H3,(H,16,17). The first kappa shape index (κ1) is 15.5. The molecule has 1 amide bonds. The van der Waals surface area contributed by atoms with Crippen LogP contribution in [0.2, 0.25) is 5.02 Å². The summed E-state index contributed by atoms with van der Waals surface area (Å²) in [5.41, 5.74) is 6.10. The Morgan fingerprint density at radius 2 is 2.16 bits per heavy atom. The minimum absolute atomic E-state index is 0.218. The molecular weight excluding hydrogens is 268 g/mol. The van der Waals surface area contributed by atoms with Crippen molar-refractivity contribution in [1.82, 2.24) is 0 Å². The van der Waals surface area contributed by atoms with E-state index < -0.39 is 5.97 Å². The number of rotatable bonds is 5. The maximum Gasteiger partial charge on any atom is 0.340 e. The van der Waals surface area contributed by atoms with Gasteiger partial charge in [-0.2, -0.15) is 0 Å². The van der Waals surface area contributed by atoms with E-state index in [1.54, 1.807) is 12.1 Å². The van der Waals surface area contributed by atoms with Crippen LogP contribution in [0.5, 0.6) is 0 Å². The Kier molecular flexibility index (Phi) is 5.79. The molecule has 1 unspecified atom stereocenters. The summed E-state index contributed by atoms with van der Waals surface area (Å²) in [7, 11) is 1.27. The van der Waals surface area contributed by atoms with E-state index >= 15 is 0 Å². The maximum atomic E-state index is 11.9. The van der Waals surface area contributed by atoms with Crippen LogP contribution in [0.15, 0.2) is 18.2 Å². The molecule has 0 bridgehead atoms. The lowest BCUT2D eigenvalue weighted by Crippen LogP contribution is -2.29. The highest BCUT2D eigenvalue weighted by Crippen LogP contribution is 2.22. The number of nitrogens with two attached hydrogens (primary N) is 1. The summed E-state index contributed by atoms with van der Waals surface area (Å²) in [6.45, 7) is 2.13. The summed E-state index contributed by atoms with van der Waals surface area (Å²) in [5.74, 6) is -1.07. The largest absolute Gasteiger partial charge is 0.465 e. The Hall–Kier alpha value is -1.59. The lowest BCUT2D eigenvalue weighted by molar-refractivity contribution is -0.119. The quantitative estimate of drug-likeness (QED) is 0.811. The minimum Gasteiger partial charge on any atom is -0.465 e. The normalized spacial score (nSPS) is 11.8. The van der Waals surface area contributed by atoms with Crippen LogP contribution < -0.4 is 11.1 Å². The zero-order valence-corrected chi connectivity index (χ0v) is 11.7. The van der Waals surface area contributed by atoms with E-state index in [-0.39, 0.29) is 23.9 Å². The number of esters is 1. The lowest BCUT2D eigenvalue weighted by Gasteiger charge is -2.14. The van der Waals surface area contributed by atoms with Gasteiger partial charge in [0.2, 0.25) is 5.91 Å². The number of carbonyl (C=O) groups is 2. The van der Waals surface area contributed by atoms with Crippen molar-refractivity contribution in [3.63, 3.8) is 0 Å². The van der Waals surface area contributed by atoms with Crippen molar-refractivity contribution >= 4 is 29.2 Å². The maximum absolute atomic E-state index is 11.9. The van der Waals surface area contributed by atoms with Crippen LogP contribution in [0.4, 0.5) is 5.69 Å². The van der Waals surface area contributed by atoms with E-state index in [4.69, 9.17) is 17.3 Å². The Morgan fingerprint density at radius 3 is 2.68 bits per heavy atom. The van der Waals surface area contributed by atoms with Crippen LogP contribution in [-0.4, -0.2) is 25.5 Å². The number of carbonyl (C=O) groups excluding carboxylic acids is 2. The fourth-order valence-corrected chi connectivity index (χ4v) is 1.77. The highest BCUT2D eigenvalue weighted by Gasteiger charge is 2.18. The average Bonchev–Trinajstić information content (AvgIpc) is 2.41. The van der Waals surface area contributed by atoms with Crippen molar-refractivity contribution in [3.8, 4) is 0 Å². The Morgan fingerprint density at radius 1 is 1.47 bits per heavy atom. The van der Waals surface area contributed by atoms with Crippen LogP contribution >= 0.6 is 11.6 Å². The van der Waals surface area contributed by atoms with E-state index in [1.165, 1.54) is 13.2 Å². The van der Waals surface area contributed by atoms with Gasteiger partial charge < -0.3 is 15.8 Å². The number of hydrogen-bond acceptors (Lipinski definition) is 4. The molecule has 0 radical (unpaired) electrons. The molecule has 0 saturated carbocycles. The molecule has 0 spiro atoms. The highest BCUT2D eigenvalue weighted by molar-refractivity contribution is 6.31. The third-order valence-electron chi connectivity index (χ3n) is 2.79. The number of methoxy groups -OCH3 is 1. The van der Waals surface area contributed by atoms with Gasteiger partial charge in [-0.05, 0) is 24.6 Å². The fraction of sp³-hybridized carbons (Fsp3) is 0.385. The van der Waals surface area contributed by atoms with Crippen molar-refractivity contribution in [3.05, 3.63) is 28.8 Å². The molecule has 1 aromatic rings. The van der Waals surface area contributed by atoms with Crippen molar-refractivity contribution in [1.29, 1.82) is 0 Å². The molecule has 19 heavy (non-hydrogen) atoms. The molecule has 6 heteroatoms. The molecule has 0 fully saturated rings. The third kappa shape index (κ3) is 3.94. The first-order chi connectivity index (χ1) is 9.03. The number of ether oxygens (including phenoxy) is 1. The Bertz CT molecular complexity index is 473. The SMILES string of the molecule is CCC(CN)C(=O)Nc1ccc(Cl)cc1C(=O)OC. The van der Waals surface area contributed by atoms with Crippen LogP contribution in [0.25, 0.3) is 0 Å². The second-order valence-electron chi connectivity index (χ2n) is 4.01. The first-order valence-electron chi connectivity index (χ1n) is 5.92. The van der Waals surface area contributed by atoms with Crippen LogP contribution in [-0.2, 0) is 9.53 Å². The third-order valence-corrected chi connectivity index (χ3v) is 3.03. The van der Waals surface area contributed by atoms with E-state index in [9.17, 15) is 9.59 Å². The summed E-state index contributed by atoms with van der Waals surface area (Å²) < 4.78 is 4.65. The molecule has 0 aliphatic carbocycles. The van der Waals surface area contributed by atoms with Crippen LogP contribution in [0.1, 0.15) is 23.7 Å². The molecule has 1 rings (SSSR count). The Balaban J connectivity index is 3.00. The molecule has 0 saturated heterocycles. The summed E-state index contributed by atoms with van der Waals surface area (Å²) >= 11 is 5.83. The van der Waals surface area contributed by atoms with Gasteiger partial charge >= 0.3 is 5.97 Å². The summed E-state index contributed by atoms with van der Waals surface area (Å²) in [6, 6.07) is 4.61. The predicted octanol–water partition coefficient (Wildman–Crippen LogP) is 2.05. The van der Waals surface area contributed by atoms with E-state index in [0.717, 1.165) is 0 Å². The summed E-state index contributed by atoms with van der Waals surface area (Å²) in [5, 5.41) is 3.07. The van der Waals surface area contributed by atoms with Crippen LogP contribution in [0.3, 0.4) is 0 Å². The number of amides is 1. The van der Waals surface area contributed by atoms with Crippen molar-refractivity contribution < 1.29 is 14.3 Å². The van der Waals surface area contributed by atoms with Crippen molar-refractivity contribution in [2.24, 2.45) is 11.7 Å². The fourth-order valence-electron chi connectivity index (χ4n) is 1.60. The van der Waals surface area contributed by atoms with E-state index in [0.29, 0.717) is 17.1 Å². The monoisotopic (exact) mass is 284 g/mol. The van der Waals surface area contributed by atoms with E-state index in [1.807, 2.05) is 6.92 Å². The van der Waals surface area contributed by atoms with Crippen molar-refractivity contribution in [2.75, 3.05) is 19.0 Å². The molecule has 0 heterocycles. The van der Waals surface area contributed by atoms with Crippen LogP contribution in [0, 0.1) is 5.92 Å². The molecule has 104 valence electrons. The predicted molar refractivity (Wildman–Crippen MR) is 74.3 cm³/mol. The van der Waals surface area contributed by atoms with E-state index in [2.05, 4.69) is 10.1 Å². The van der Waals surface area contributed by atoms with Gasteiger partial charge in [-0.3, -0.25) is 4.79 Å². The van der Waals surface area contributed by atoms with Gasteiger partial charge in [-0.25, -0.2) is 4.79 Å². The first-order valence-corrected chi connectivity index (χ1v) is 6.30. The number of benzene rings is 1. The van der Waals surface area contributed by atoms with Gasteiger partial charge in [-0.15, -0.1) is 0 Å². The molecule has 0 aromatic heterocycles. The molecule has 1 aromatic carbocycles. The average molecular weight is 285 g/mol. The molecule has 0 aliphatic rings. The molecule has 3 N–H and O–H groups in total. The van der Waals surface area contributed by atoms with Gasteiger partial charge in [0, 0.05) is 11.6 Å². The summed E-state index contributed by atoms with van der Waals surface area (Å²) in [6.07, 6.45) is 0.628. The number of nitrogens with one attached hydrogen (secondary N) is 1. The zero-order chi connectivity index (χ0) is 14.4. The number of hydrogen-bond donors (Lipinski definition) is 2. The molecular formula is C13H17ClN2O3. The number of anilines is 1. The molecule has 0 aliphatic heterocycles. The van der Waals surface area contributed by atoms with Crippen molar-refractivity contribution in [2.45, 2.75) is 13.3 Å². The second kappa shape index (κ2) is 7.11.